The van der Waals surface area contributed by atoms with E-state index in [-0.39, 0.29) is 12.3 Å². The average molecular weight is 321 g/mol. The molecular weight excluding hydrogens is 294 g/mol. The molecule has 0 radical (unpaired) electrons. The molecule has 128 valence electrons. The summed E-state index contributed by atoms with van der Waals surface area (Å²) >= 11 is 0. The van der Waals surface area contributed by atoms with E-state index in [2.05, 4.69) is 0 Å². The number of amides is 1. The van der Waals surface area contributed by atoms with Gasteiger partial charge in [0.25, 0.3) is 5.91 Å². The minimum atomic E-state index is -1.42. The van der Waals surface area contributed by atoms with E-state index in [1.165, 1.54) is 14.0 Å². The maximum Gasteiger partial charge on any atom is 0.334 e. The molecular formula is C18H27NO4. The molecule has 5 heteroatoms. The lowest BCUT2D eigenvalue weighted by Crippen LogP contribution is -2.57. The zero-order valence-electron chi connectivity index (χ0n) is 15.1. The first-order valence-corrected chi connectivity index (χ1v) is 7.72. The first-order chi connectivity index (χ1) is 10.5. The van der Waals surface area contributed by atoms with E-state index in [1.807, 2.05) is 32.9 Å². The normalized spacial score (nSPS) is 13.6. The number of hydrogen-bond acceptors (Lipinski definition) is 4. The van der Waals surface area contributed by atoms with Gasteiger partial charge in [0, 0.05) is 0 Å². The lowest BCUT2D eigenvalue weighted by Gasteiger charge is -2.37. The van der Waals surface area contributed by atoms with Crippen LogP contribution in [0.15, 0.2) is 12.1 Å². The third-order valence-corrected chi connectivity index (χ3v) is 4.57. The monoisotopic (exact) mass is 321 g/mol. The Morgan fingerprint density at radius 1 is 1.22 bits per heavy atom. The molecule has 1 aromatic carbocycles. The SMILES string of the molecule is COC(=O)C(C)(C(C)C)N(O)C(=O)Cc1c(C)cc(C)cc1C. The summed E-state index contributed by atoms with van der Waals surface area (Å²) in [5.41, 5.74) is 2.56. The van der Waals surface area contributed by atoms with Gasteiger partial charge in [-0.3, -0.25) is 10.0 Å². The van der Waals surface area contributed by atoms with Crippen LogP contribution in [0, 0.1) is 26.7 Å². The highest BCUT2D eigenvalue weighted by molar-refractivity contribution is 5.88. The van der Waals surface area contributed by atoms with Crippen molar-refractivity contribution in [3.05, 3.63) is 34.4 Å². The number of hydrogen-bond donors (Lipinski definition) is 1. The molecule has 0 aliphatic heterocycles. The van der Waals surface area contributed by atoms with Gasteiger partial charge in [-0.25, -0.2) is 9.86 Å². The number of rotatable bonds is 5. The van der Waals surface area contributed by atoms with E-state index >= 15 is 0 Å². The standard InChI is InChI=1S/C18H27NO4/c1-11(2)18(6,17(21)23-7)19(22)16(20)10-15-13(4)8-12(3)9-14(15)5/h8-9,11,22H,10H2,1-7H3. The molecule has 23 heavy (non-hydrogen) atoms. The molecule has 0 heterocycles. The van der Waals surface area contributed by atoms with E-state index < -0.39 is 17.4 Å². The highest BCUT2D eigenvalue weighted by Gasteiger charge is 2.46. The molecule has 1 N–H and O–H groups in total. The molecule has 0 spiro atoms. The van der Waals surface area contributed by atoms with Gasteiger partial charge in [0.2, 0.25) is 0 Å². The third kappa shape index (κ3) is 3.72. The largest absolute Gasteiger partial charge is 0.467 e. The van der Waals surface area contributed by atoms with Crippen LogP contribution in [-0.2, 0) is 20.7 Å². The van der Waals surface area contributed by atoms with E-state index in [0.29, 0.717) is 5.06 Å². The smallest absolute Gasteiger partial charge is 0.334 e. The van der Waals surface area contributed by atoms with Crippen LogP contribution in [0.5, 0.6) is 0 Å². The van der Waals surface area contributed by atoms with Gasteiger partial charge in [-0.2, -0.15) is 0 Å². The van der Waals surface area contributed by atoms with Gasteiger partial charge < -0.3 is 4.74 Å². The Balaban J connectivity index is 3.12. The Morgan fingerprint density at radius 2 is 1.70 bits per heavy atom. The summed E-state index contributed by atoms with van der Waals surface area (Å²) in [5.74, 6) is -1.47. The molecule has 1 amide bonds. The summed E-state index contributed by atoms with van der Waals surface area (Å²) in [5, 5.41) is 10.9. The number of methoxy groups -OCH3 is 1. The molecule has 0 aromatic heterocycles. The third-order valence-electron chi connectivity index (χ3n) is 4.57. The predicted molar refractivity (Wildman–Crippen MR) is 88.2 cm³/mol. The van der Waals surface area contributed by atoms with Gasteiger partial charge in [0.15, 0.2) is 5.54 Å². The maximum atomic E-state index is 12.5. The minimum absolute atomic E-state index is 0.0355. The van der Waals surface area contributed by atoms with Crippen molar-refractivity contribution in [2.24, 2.45) is 5.92 Å². The van der Waals surface area contributed by atoms with Gasteiger partial charge in [0.05, 0.1) is 13.5 Å². The van der Waals surface area contributed by atoms with Crippen LogP contribution in [0.2, 0.25) is 0 Å². The molecule has 0 saturated heterocycles. The number of hydroxylamine groups is 2. The summed E-state index contributed by atoms with van der Waals surface area (Å²) in [6.07, 6.45) is 0.0355. The fourth-order valence-corrected chi connectivity index (χ4v) is 2.75. The Kier molecular flexibility index (Phi) is 5.94. The summed E-state index contributed by atoms with van der Waals surface area (Å²) in [6.45, 7) is 10.9. The fraction of sp³-hybridized carbons (Fsp3) is 0.556. The molecule has 1 atom stereocenters. The van der Waals surface area contributed by atoms with Gasteiger partial charge in [0.1, 0.15) is 0 Å². The first-order valence-electron chi connectivity index (χ1n) is 7.72. The summed E-state index contributed by atoms with van der Waals surface area (Å²) in [7, 11) is 1.25. The van der Waals surface area contributed by atoms with E-state index in [4.69, 9.17) is 4.74 Å². The van der Waals surface area contributed by atoms with Crippen LogP contribution in [0.4, 0.5) is 0 Å². The number of aryl methyl sites for hydroxylation is 3. The van der Waals surface area contributed by atoms with Gasteiger partial charge >= 0.3 is 5.97 Å². The molecule has 0 bridgehead atoms. The van der Waals surface area contributed by atoms with Crippen LogP contribution in [0.1, 0.15) is 43.0 Å². The summed E-state index contributed by atoms with van der Waals surface area (Å²) in [4.78, 5) is 24.6. The number of carbonyl (C=O) groups excluding carboxylic acids is 2. The van der Waals surface area contributed by atoms with Crippen LogP contribution in [0.3, 0.4) is 0 Å². The average Bonchev–Trinajstić information content (AvgIpc) is 2.47. The second kappa shape index (κ2) is 7.13. The van der Waals surface area contributed by atoms with Crippen molar-refractivity contribution in [1.29, 1.82) is 0 Å². The van der Waals surface area contributed by atoms with Crippen molar-refractivity contribution >= 4 is 11.9 Å². The topological polar surface area (TPSA) is 66.8 Å². The van der Waals surface area contributed by atoms with E-state index in [1.54, 1.807) is 13.8 Å². The molecule has 0 fully saturated rings. The van der Waals surface area contributed by atoms with Crippen molar-refractivity contribution in [3.63, 3.8) is 0 Å². The highest BCUT2D eigenvalue weighted by Crippen LogP contribution is 2.26. The highest BCUT2D eigenvalue weighted by atomic mass is 16.6. The van der Waals surface area contributed by atoms with E-state index in [9.17, 15) is 14.8 Å². The lowest BCUT2D eigenvalue weighted by molar-refractivity contribution is -0.210. The van der Waals surface area contributed by atoms with Gasteiger partial charge in [-0.1, -0.05) is 31.5 Å². The fourth-order valence-electron chi connectivity index (χ4n) is 2.75. The Morgan fingerprint density at radius 3 is 2.09 bits per heavy atom. The van der Waals surface area contributed by atoms with Crippen molar-refractivity contribution in [2.45, 2.75) is 53.5 Å². The number of benzene rings is 1. The van der Waals surface area contributed by atoms with Gasteiger partial charge in [-0.05, 0) is 50.3 Å². The number of esters is 1. The molecule has 0 aliphatic carbocycles. The Labute approximate surface area is 138 Å². The van der Waals surface area contributed by atoms with Crippen molar-refractivity contribution < 1.29 is 19.5 Å². The summed E-state index contributed by atoms with van der Waals surface area (Å²) in [6, 6.07) is 4.00. The molecule has 1 rings (SSSR count). The second-order valence-corrected chi connectivity index (χ2v) is 6.55. The molecule has 5 nitrogen and oxygen atoms in total. The molecule has 0 aliphatic rings. The quantitative estimate of drug-likeness (QED) is 0.514. The first kappa shape index (κ1) is 19.2. The zero-order chi connectivity index (χ0) is 17.9. The van der Waals surface area contributed by atoms with E-state index in [0.717, 1.165) is 22.3 Å². The molecule has 1 unspecified atom stereocenters. The predicted octanol–water partition coefficient (Wildman–Crippen LogP) is 2.96. The molecule has 1 aromatic rings. The lowest BCUT2D eigenvalue weighted by atomic mass is 9.87. The Hall–Kier alpha value is -1.88. The Bertz CT molecular complexity index is 586. The van der Waals surface area contributed by atoms with Crippen LogP contribution >= 0.6 is 0 Å². The second-order valence-electron chi connectivity index (χ2n) is 6.55. The van der Waals surface area contributed by atoms with Crippen molar-refractivity contribution in [2.75, 3.05) is 7.11 Å². The summed E-state index contributed by atoms with van der Waals surface area (Å²) < 4.78 is 4.77. The molecule has 0 saturated carbocycles. The van der Waals surface area contributed by atoms with Crippen LogP contribution < -0.4 is 0 Å². The number of ether oxygens (including phenoxy) is 1. The van der Waals surface area contributed by atoms with Crippen LogP contribution in [-0.4, -0.2) is 34.8 Å². The zero-order valence-corrected chi connectivity index (χ0v) is 15.1. The van der Waals surface area contributed by atoms with Gasteiger partial charge in [-0.15, -0.1) is 0 Å². The minimum Gasteiger partial charge on any atom is -0.467 e. The van der Waals surface area contributed by atoms with Crippen molar-refractivity contribution in [1.82, 2.24) is 5.06 Å². The number of carbonyl (C=O) groups is 2. The maximum absolute atomic E-state index is 12.5. The van der Waals surface area contributed by atoms with Crippen LogP contribution in [0.25, 0.3) is 0 Å². The number of nitrogens with zero attached hydrogens (tertiary/aromatic N) is 1. The van der Waals surface area contributed by atoms with Crippen molar-refractivity contribution in [3.8, 4) is 0 Å².